The molecular weight excluding hydrogens is 542 g/mol. The second-order valence-electron chi connectivity index (χ2n) is 12.7. The first-order valence-electron chi connectivity index (χ1n) is 14.8. The molecule has 3 aromatic rings. The number of benzene rings is 2. The molecule has 7 nitrogen and oxygen atoms in total. The molecule has 2 heterocycles. The smallest absolute Gasteiger partial charge is 0.416 e. The molecule has 0 spiro atoms. The van der Waals surface area contributed by atoms with Crippen LogP contribution in [0.15, 0.2) is 85.1 Å². The molecule has 2 aliphatic carbocycles. The van der Waals surface area contributed by atoms with Crippen LogP contribution in [-0.4, -0.2) is 51.1 Å². The third kappa shape index (κ3) is 5.29. The zero-order valence-corrected chi connectivity index (χ0v) is 25.7. The average Bonchev–Trinajstić information content (AvgIpc) is 3.27. The summed E-state index contributed by atoms with van der Waals surface area (Å²) < 4.78 is 12.6. The summed E-state index contributed by atoms with van der Waals surface area (Å²) in [5.74, 6) is 2.07. The van der Waals surface area contributed by atoms with Crippen LogP contribution in [0.25, 0.3) is 5.57 Å². The van der Waals surface area contributed by atoms with Gasteiger partial charge in [0.25, 0.3) is 8.32 Å². The summed E-state index contributed by atoms with van der Waals surface area (Å²) in [4.78, 5) is 29.7. The number of fused-ring (bicyclic) bond motifs is 1. The van der Waals surface area contributed by atoms with Gasteiger partial charge in [-0.2, -0.15) is 0 Å². The number of anilines is 1. The fourth-order valence-corrected chi connectivity index (χ4v) is 11.4. The Morgan fingerprint density at radius 3 is 2.24 bits per heavy atom. The number of amides is 2. The van der Waals surface area contributed by atoms with Crippen LogP contribution < -0.4 is 20.6 Å². The Hall–Kier alpha value is -3.75. The third-order valence-corrected chi connectivity index (χ3v) is 14.0. The molecule has 2 fully saturated rings. The Morgan fingerprint density at radius 1 is 1.05 bits per heavy atom. The van der Waals surface area contributed by atoms with Crippen LogP contribution in [0.2, 0.25) is 5.04 Å². The molecule has 1 N–H and O–H groups in total. The molecule has 2 aromatic carbocycles. The van der Waals surface area contributed by atoms with Gasteiger partial charge in [0.2, 0.25) is 5.91 Å². The molecule has 0 radical (unpaired) electrons. The van der Waals surface area contributed by atoms with E-state index in [9.17, 15) is 9.59 Å². The van der Waals surface area contributed by atoms with Crippen LogP contribution in [0.1, 0.15) is 39.7 Å². The lowest BCUT2D eigenvalue weighted by Crippen LogP contribution is -2.66. The van der Waals surface area contributed by atoms with Crippen LogP contribution in [0.4, 0.5) is 10.6 Å². The van der Waals surface area contributed by atoms with Crippen molar-refractivity contribution in [2.45, 2.75) is 45.3 Å². The second kappa shape index (κ2) is 11.2. The lowest BCUT2D eigenvalue weighted by atomic mass is 10.0. The molecule has 218 valence electrons. The third-order valence-electron chi connectivity index (χ3n) is 9.00. The number of cyclic esters (lactones) is 1. The van der Waals surface area contributed by atoms with E-state index in [2.05, 4.69) is 97.8 Å². The van der Waals surface area contributed by atoms with Crippen molar-refractivity contribution < 1.29 is 18.8 Å². The van der Waals surface area contributed by atoms with Crippen molar-refractivity contribution in [3.05, 3.63) is 90.6 Å². The van der Waals surface area contributed by atoms with E-state index in [1.807, 2.05) is 18.3 Å². The number of nitrogens with one attached hydrogen (secondary N) is 1. The number of allylic oxidation sites excluding steroid dienone is 2. The second-order valence-corrected chi connectivity index (χ2v) is 17.0. The minimum Gasteiger partial charge on any atom is -0.442 e. The van der Waals surface area contributed by atoms with Gasteiger partial charge in [0.1, 0.15) is 11.9 Å². The van der Waals surface area contributed by atoms with Crippen molar-refractivity contribution in [3.8, 4) is 0 Å². The van der Waals surface area contributed by atoms with E-state index in [1.165, 1.54) is 27.8 Å². The van der Waals surface area contributed by atoms with E-state index in [0.717, 1.165) is 18.6 Å². The van der Waals surface area contributed by atoms with E-state index < -0.39 is 14.4 Å². The van der Waals surface area contributed by atoms with Gasteiger partial charge in [-0.25, -0.2) is 9.78 Å². The van der Waals surface area contributed by atoms with Crippen molar-refractivity contribution in [2.24, 2.45) is 17.8 Å². The first-order chi connectivity index (χ1) is 20.2. The summed E-state index contributed by atoms with van der Waals surface area (Å²) in [7, 11) is -2.54. The monoisotopic (exact) mass is 581 g/mol. The van der Waals surface area contributed by atoms with Gasteiger partial charge in [-0.15, -0.1) is 0 Å². The number of hydrogen-bond donors (Lipinski definition) is 1. The molecule has 1 aromatic heterocycles. The van der Waals surface area contributed by atoms with Gasteiger partial charge >= 0.3 is 6.09 Å². The molecule has 1 aliphatic heterocycles. The predicted molar refractivity (Wildman–Crippen MR) is 167 cm³/mol. The summed E-state index contributed by atoms with van der Waals surface area (Å²) in [6.45, 7) is 9.85. The molecule has 42 heavy (non-hydrogen) atoms. The van der Waals surface area contributed by atoms with Crippen molar-refractivity contribution in [1.29, 1.82) is 0 Å². The summed E-state index contributed by atoms with van der Waals surface area (Å²) in [5, 5.41) is 5.31. The van der Waals surface area contributed by atoms with Gasteiger partial charge in [0, 0.05) is 19.7 Å². The van der Waals surface area contributed by atoms with Gasteiger partial charge in [-0.1, -0.05) is 87.5 Å². The van der Waals surface area contributed by atoms with Crippen LogP contribution in [0.3, 0.4) is 0 Å². The highest BCUT2D eigenvalue weighted by molar-refractivity contribution is 6.99. The van der Waals surface area contributed by atoms with Gasteiger partial charge in [-0.3, -0.25) is 9.69 Å². The lowest BCUT2D eigenvalue weighted by Gasteiger charge is -2.43. The maximum Gasteiger partial charge on any atom is 0.416 e. The first kappa shape index (κ1) is 28.4. The van der Waals surface area contributed by atoms with Crippen LogP contribution in [-0.2, 0) is 14.0 Å². The Bertz CT molecular complexity index is 1430. The maximum atomic E-state index is 12.4. The molecule has 1 saturated carbocycles. The summed E-state index contributed by atoms with van der Waals surface area (Å²) in [5.41, 5.74) is 2.42. The first-order valence-corrected chi connectivity index (χ1v) is 16.7. The van der Waals surface area contributed by atoms with E-state index in [4.69, 9.17) is 9.16 Å². The highest BCUT2D eigenvalue weighted by Gasteiger charge is 2.56. The maximum absolute atomic E-state index is 12.4. The molecule has 6 rings (SSSR count). The minimum atomic E-state index is -2.54. The molecule has 0 bridgehead atoms. The van der Waals surface area contributed by atoms with Gasteiger partial charge in [-0.05, 0) is 62.9 Å². The summed E-state index contributed by atoms with van der Waals surface area (Å²) >= 11 is 0. The minimum absolute atomic E-state index is 0.0279. The average molecular weight is 582 g/mol. The standard InChI is InChI=1S/C34H39N3O4Si/c1-23(38)35-20-26-21-37(33(39)41-26)32-16-15-24(19-36-32)25-17-29-30(18-25)31(29)22-40-42(34(2,3)4,27-11-7-5-8-12-27)28-13-9-6-10-14-28/h5-17,19,26,29-31H,18,20-22H2,1-4H3,(H,35,38)/t26-,29+,30-,31-/m0/s1. The fourth-order valence-electron chi connectivity index (χ4n) is 6.80. The van der Waals surface area contributed by atoms with E-state index in [-0.39, 0.29) is 17.0 Å². The summed E-state index contributed by atoms with van der Waals surface area (Å²) in [6, 6.07) is 25.6. The zero-order valence-electron chi connectivity index (χ0n) is 24.7. The number of carbonyl (C=O) groups excluding carboxylic acids is 2. The Morgan fingerprint density at radius 2 is 1.71 bits per heavy atom. The van der Waals surface area contributed by atoms with Crippen LogP contribution >= 0.6 is 0 Å². The van der Waals surface area contributed by atoms with Crippen molar-refractivity contribution in [3.63, 3.8) is 0 Å². The number of hydrogen-bond acceptors (Lipinski definition) is 5. The van der Waals surface area contributed by atoms with Gasteiger partial charge in [0.15, 0.2) is 0 Å². The molecule has 1 saturated heterocycles. The molecular formula is C34H39N3O4Si. The number of rotatable bonds is 9. The zero-order chi connectivity index (χ0) is 29.5. The highest BCUT2D eigenvalue weighted by atomic mass is 28.4. The number of ether oxygens (including phenoxy) is 1. The Labute approximate surface area is 249 Å². The van der Waals surface area contributed by atoms with Crippen molar-refractivity contribution >= 4 is 42.1 Å². The summed E-state index contributed by atoms with van der Waals surface area (Å²) in [6.07, 6.45) is 4.47. The largest absolute Gasteiger partial charge is 0.442 e. The highest BCUT2D eigenvalue weighted by Crippen LogP contribution is 2.58. The van der Waals surface area contributed by atoms with Gasteiger partial charge in [0.05, 0.1) is 13.1 Å². The van der Waals surface area contributed by atoms with Crippen molar-refractivity contribution in [1.82, 2.24) is 10.3 Å². The fraction of sp³-hybridized carbons (Fsp3) is 0.382. The van der Waals surface area contributed by atoms with E-state index in [1.54, 1.807) is 0 Å². The molecule has 2 amide bonds. The number of pyridine rings is 1. The Balaban J connectivity index is 1.13. The van der Waals surface area contributed by atoms with Crippen LogP contribution in [0, 0.1) is 17.8 Å². The predicted octanol–water partition coefficient (Wildman–Crippen LogP) is 4.77. The molecule has 3 aliphatic rings. The quantitative estimate of drug-likeness (QED) is 0.369. The molecule has 4 atom stereocenters. The molecule has 0 unspecified atom stereocenters. The number of carbonyl (C=O) groups is 2. The van der Waals surface area contributed by atoms with E-state index in [0.29, 0.717) is 36.7 Å². The number of aromatic nitrogens is 1. The van der Waals surface area contributed by atoms with Gasteiger partial charge < -0.3 is 14.5 Å². The van der Waals surface area contributed by atoms with Crippen molar-refractivity contribution in [2.75, 3.05) is 24.6 Å². The lowest BCUT2D eigenvalue weighted by molar-refractivity contribution is -0.119. The van der Waals surface area contributed by atoms with Crippen LogP contribution in [0.5, 0.6) is 0 Å². The normalized spacial score (nSPS) is 23.3. The molecule has 8 heteroatoms. The van der Waals surface area contributed by atoms with E-state index >= 15 is 0 Å². The Kier molecular flexibility index (Phi) is 7.53. The topological polar surface area (TPSA) is 80.8 Å². The SMILES string of the molecule is CC(=O)NC[C@H]1CN(c2ccc(C3=C[C@H]4[C@H](CO[Si](c5ccccc5)(c5ccccc5)C(C)(C)C)[C@H]4C3)cn2)C(=O)O1. The number of nitrogens with zero attached hydrogens (tertiary/aromatic N) is 2.